The molecule has 4 N–H and O–H groups in total. The van der Waals surface area contributed by atoms with E-state index < -0.39 is 0 Å². The van der Waals surface area contributed by atoms with E-state index in [1.165, 1.54) is 0 Å². The Hall–Kier alpha value is -1.01. The van der Waals surface area contributed by atoms with Crippen LogP contribution in [0.15, 0.2) is 30.6 Å². The van der Waals surface area contributed by atoms with Gasteiger partial charge in [-0.05, 0) is 12.1 Å². The van der Waals surface area contributed by atoms with Crippen LogP contribution in [0.1, 0.15) is 0 Å². The summed E-state index contributed by atoms with van der Waals surface area (Å²) in [6.45, 7) is 6.56. The van der Waals surface area contributed by atoms with Gasteiger partial charge in [0.2, 0.25) is 0 Å². The summed E-state index contributed by atoms with van der Waals surface area (Å²) >= 11 is 0. The van der Waals surface area contributed by atoms with Gasteiger partial charge in [0, 0.05) is 51.9 Å². The Labute approximate surface area is 97.0 Å². The Morgan fingerprint density at radius 1 is 0.625 bits per heavy atom. The summed E-state index contributed by atoms with van der Waals surface area (Å²) in [7, 11) is 0. The summed E-state index contributed by atoms with van der Waals surface area (Å²) in [6, 6.07) is 5.72. The topological polar surface area (TPSA) is 61.0 Å². The molecule has 16 heavy (non-hydrogen) atoms. The van der Waals surface area contributed by atoms with E-state index in [-0.39, 0.29) is 0 Å². The lowest BCUT2D eigenvalue weighted by atomic mass is 10.5. The van der Waals surface area contributed by atoms with E-state index in [4.69, 9.17) is 0 Å². The van der Waals surface area contributed by atoms with Crippen molar-refractivity contribution in [3.63, 3.8) is 0 Å². The van der Waals surface area contributed by atoms with E-state index in [0.29, 0.717) is 0 Å². The molecule has 3 rings (SSSR count). The molecule has 2 aliphatic heterocycles. The van der Waals surface area contributed by atoms with Crippen LogP contribution in [-0.2, 0) is 0 Å². The highest BCUT2D eigenvalue weighted by Crippen LogP contribution is 1.73. The van der Waals surface area contributed by atoms with E-state index in [1.54, 1.807) is 12.4 Å². The van der Waals surface area contributed by atoms with Gasteiger partial charge in [-0.15, -0.1) is 0 Å². The van der Waals surface area contributed by atoms with Gasteiger partial charge < -0.3 is 21.3 Å². The Morgan fingerprint density at radius 3 is 1.19 bits per heavy atom. The molecule has 1 aromatic heterocycles. The fourth-order valence-corrected chi connectivity index (χ4v) is 1.20. The minimum absolute atomic E-state index is 1.00. The molecule has 0 amide bonds. The molecule has 0 saturated carbocycles. The molecular formula is C11H21N5. The third-order valence-corrected chi connectivity index (χ3v) is 2.02. The summed E-state index contributed by atoms with van der Waals surface area (Å²) in [6.07, 6.45) is 3.50. The third-order valence-electron chi connectivity index (χ3n) is 2.02. The minimum atomic E-state index is 1.00. The number of hydrogen-bond donors (Lipinski definition) is 4. The summed E-state index contributed by atoms with van der Waals surface area (Å²) in [5, 5.41) is 12.4. The van der Waals surface area contributed by atoms with E-state index in [2.05, 4.69) is 26.3 Å². The first-order valence-corrected chi connectivity index (χ1v) is 5.68. The van der Waals surface area contributed by atoms with E-state index >= 15 is 0 Å². The zero-order valence-electron chi connectivity index (χ0n) is 9.58. The number of hydrogen-bond acceptors (Lipinski definition) is 5. The minimum Gasteiger partial charge on any atom is -0.303 e. The number of aromatic nitrogens is 1. The maximum atomic E-state index is 3.78. The van der Waals surface area contributed by atoms with Crippen LogP contribution >= 0.6 is 0 Å². The van der Waals surface area contributed by atoms with Crippen LogP contribution in [0.25, 0.3) is 0 Å². The van der Waals surface area contributed by atoms with Crippen LogP contribution in [0.5, 0.6) is 0 Å². The zero-order chi connectivity index (χ0) is 11.3. The van der Waals surface area contributed by atoms with Crippen molar-refractivity contribution in [2.24, 2.45) is 0 Å². The van der Waals surface area contributed by atoms with Gasteiger partial charge >= 0.3 is 0 Å². The lowest BCUT2D eigenvalue weighted by Crippen LogP contribution is -2.11. The Kier molecular flexibility index (Phi) is 8.57. The second-order valence-corrected chi connectivity index (χ2v) is 3.38. The van der Waals surface area contributed by atoms with Gasteiger partial charge in [-0.3, -0.25) is 4.98 Å². The molecule has 0 spiro atoms. The van der Waals surface area contributed by atoms with Gasteiger partial charge in [-0.1, -0.05) is 6.07 Å². The maximum absolute atomic E-state index is 3.78. The van der Waals surface area contributed by atoms with E-state index in [0.717, 1.165) is 39.5 Å². The van der Waals surface area contributed by atoms with Crippen molar-refractivity contribution in [1.82, 2.24) is 26.3 Å². The van der Waals surface area contributed by atoms with Crippen LogP contribution in [0, 0.1) is 0 Å². The molecule has 0 aliphatic carbocycles. The van der Waals surface area contributed by atoms with Crippen molar-refractivity contribution >= 4 is 0 Å². The van der Waals surface area contributed by atoms with Gasteiger partial charge in [0.25, 0.3) is 0 Å². The predicted octanol–water partition coefficient (Wildman–Crippen LogP) is -0.645. The number of pyridine rings is 1. The van der Waals surface area contributed by atoms with Gasteiger partial charge in [-0.25, -0.2) is 0 Å². The molecule has 1 aromatic rings. The molecule has 5 heteroatoms. The van der Waals surface area contributed by atoms with Gasteiger partial charge in [0.15, 0.2) is 0 Å². The quantitative estimate of drug-likeness (QED) is 0.471. The van der Waals surface area contributed by atoms with Gasteiger partial charge in [0.1, 0.15) is 0 Å². The molecule has 90 valence electrons. The Balaban J connectivity index is 0.000000121. The highest BCUT2D eigenvalue weighted by molar-refractivity contribution is 4.88. The van der Waals surface area contributed by atoms with Gasteiger partial charge in [-0.2, -0.15) is 0 Å². The summed E-state index contributed by atoms with van der Waals surface area (Å²) in [5.41, 5.74) is 0. The van der Waals surface area contributed by atoms with Crippen molar-refractivity contribution in [3.8, 4) is 0 Å². The normalized spacial score (nSPS) is 18.0. The average Bonchev–Trinajstić information content (AvgIpc) is 3.10. The molecule has 0 atom stereocenters. The summed E-state index contributed by atoms with van der Waals surface area (Å²) in [4.78, 5) is 3.78. The SMILES string of the molecule is C1CNCN1.C1CNCN1.c1ccncc1. The second kappa shape index (κ2) is 10.5. The van der Waals surface area contributed by atoms with E-state index in [1.807, 2.05) is 18.2 Å². The molecule has 2 fully saturated rings. The molecule has 2 saturated heterocycles. The molecule has 5 nitrogen and oxygen atoms in total. The molecule has 0 aromatic carbocycles. The lowest BCUT2D eigenvalue weighted by molar-refractivity contribution is 0.807. The third kappa shape index (κ3) is 8.31. The predicted molar refractivity (Wildman–Crippen MR) is 66.0 cm³/mol. The Morgan fingerprint density at radius 2 is 1.06 bits per heavy atom. The molecule has 3 heterocycles. The van der Waals surface area contributed by atoms with Crippen molar-refractivity contribution in [3.05, 3.63) is 30.6 Å². The Bertz CT molecular complexity index is 169. The first-order valence-electron chi connectivity index (χ1n) is 5.68. The molecule has 0 bridgehead atoms. The highest BCUT2D eigenvalue weighted by Gasteiger charge is 1.91. The second-order valence-electron chi connectivity index (χ2n) is 3.38. The molecule has 0 radical (unpaired) electrons. The number of nitrogens with zero attached hydrogens (tertiary/aromatic N) is 1. The van der Waals surface area contributed by atoms with Crippen LogP contribution in [0.3, 0.4) is 0 Å². The summed E-state index contributed by atoms with van der Waals surface area (Å²) in [5.74, 6) is 0. The maximum Gasteiger partial charge on any atom is 0.0455 e. The van der Waals surface area contributed by atoms with Crippen molar-refractivity contribution in [2.45, 2.75) is 0 Å². The van der Waals surface area contributed by atoms with E-state index in [9.17, 15) is 0 Å². The lowest BCUT2D eigenvalue weighted by Gasteiger charge is -1.77. The average molecular weight is 223 g/mol. The van der Waals surface area contributed by atoms with Gasteiger partial charge in [0.05, 0.1) is 0 Å². The summed E-state index contributed by atoms with van der Waals surface area (Å²) < 4.78 is 0. The van der Waals surface area contributed by atoms with Crippen LogP contribution in [0.2, 0.25) is 0 Å². The fourth-order valence-electron chi connectivity index (χ4n) is 1.20. The molecular weight excluding hydrogens is 202 g/mol. The number of rotatable bonds is 0. The standard InChI is InChI=1S/C5H5N.2C3H8N2/c1-2-4-6-5-3-1;2*1-2-5-3-4-1/h1-5H;2*4-5H,1-3H2. The first kappa shape index (κ1) is 13.1. The fraction of sp³-hybridized carbons (Fsp3) is 0.545. The van der Waals surface area contributed by atoms with Crippen LogP contribution in [-0.4, -0.2) is 44.5 Å². The van der Waals surface area contributed by atoms with Crippen molar-refractivity contribution in [2.75, 3.05) is 39.5 Å². The largest absolute Gasteiger partial charge is 0.303 e. The molecule has 0 unspecified atom stereocenters. The number of nitrogens with one attached hydrogen (secondary N) is 4. The van der Waals surface area contributed by atoms with Crippen molar-refractivity contribution in [1.29, 1.82) is 0 Å². The monoisotopic (exact) mass is 223 g/mol. The first-order chi connectivity index (χ1) is 8.00. The molecule has 2 aliphatic rings. The zero-order valence-corrected chi connectivity index (χ0v) is 9.58. The smallest absolute Gasteiger partial charge is 0.0455 e. The van der Waals surface area contributed by atoms with Crippen LogP contribution in [0.4, 0.5) is 0 Å². The van der Waals surface area contributed by atoms with Crippen molar-refractivity contribution < 1.29 is 0 Å². The van der Waals surface area contributed by atoms with Crippen LogP contribution < -0.4 is 21.3 Å². The highest BCUT2D eigenvalue weighted by atomic mass is 15.1.